The van der Waals surface area contributed by atoms with Gasteiger partial charge in [0, 0.05) is 12.5 Å². The third-order valence-electron chi connectivity index (χ3n) is 6.67. The Morgan fingerprint density at radius 3 is 2.61 bits per heavy atom. The number of aromatic hydroxyl groups is 1. The molecule has 1 aliphatic carbocycles. The molecule has 4 N–H and O–H groups in total. The van der Waals surface area contributed by atoms with Gasteiger partial charge in [-0.05, 0) is 61.4 Å². The van der Waals surface area contributed by atoms with Crippen molar-refractivity contribution in [3.05, 3.63) is 46.3 Å². The predicted octanol–water partition coefficient (Wildman–Crippen LogP) is 2.39. The monoisotopic (exact) mass is 461 g/mol. The van der Waals surface area contributed by atoms with E-state index in [4.69, 9.17) is 0 Å². The first kappa shape index (κ1) is 25.1. The number of aliphatic hydroxyl groups excluding tert-OH is 3. The Kier molecular flexibility index (Phi) is 8.05. The molecule has 0 radical (unpaired) electrons. The first-order valence-electron chi connectivity index (χ1n) is 11.4. The van der Waals surface area contributed by atoms with Gasteiger partial charge in [-0.15, -0.1) is 0 Å². The second kappa shape index (κ2) is 10.6. The van der Waals surface area contributed by atoms with Crippen molar-refractivity contribution < 1.29 is 34.4 Å². The summed E-state index contributed by atoms with van der Waals surface area (Å²) in [6.07, 6.45) is 2.29. The van der Waals surface area contributed by atoms with E-state index in [1.165, 1.54) is 17.0 Å². The number of carbonyl (C=O) groups excluding carboxylic acids is 2. The molecule has 0 aromatic heterocycles. The maximum Gasteiger partial charge on any atom is 0.233 e. The molecule has 2 aliphatic rings. The molecule has 0 bridgehead atoms. The number of phenols is 1. The molecule has 0 spiro atoms. The number of imide groups is 1. The lowest BCUT2D eigenvalue weighted by Gasteiger charge is -2.36. The van der Waals surface area contributed by atoms with E-state index in [0.29, 0.717) is 36.1 Å². The zero-order chi connectivity index (χ0) is 24.3. The van der Waals surface area contributed by atoms with E-state index >= 15 is 0 Å². The lowest BCUT2D eigenvalue weighted by atomic mass is 9.68. The smallest absolute Gasteiger partial charge is 0.233 e. The van der Waals surface area contributed by atoms with Crippen LogP contribution in [0.2, 0.25) is 0 Å². The maximum absolute atomic E-state index is 13.6. The first-order chi connectivity index (χ1) is 15.7. The number of likely N-dealkylation sites (tertiary alicyclic amines) is 1. The molecule has 1 saturated heterocycles. The molecule has 180 valence electrons. The Bertz CT molecular complexity index is 972. The van der Waals surface area contributed by atoms with Crippen LogP contribution in [0.25, 0.3) is 6.08 Å². The van der Waals surface area contributed by atoms with Crippen molar-refractivity contribution in [2.24, 2.45) is 17.8 Å². The Morgan fingerprint density at radius 1 is 1.27 bits per heavy atom. The third-order valence-corrected chi connectivity index (χ3v) is 6.67. The summed E-state index contributed by atoms with van der Waals surface area (Å²) in [5.74, 6) is -3.81. The van der Waals surface area contributed by atoms with E-state index in [-0.39, 0.29) is 31.3 Å². The standard InChI is InChI=1S/C25H32FNO6/c1-3-8-27-24(32)17-11-16(12-28)22(18(13-29)23(17)25(27)33)21(31)6-4-14(2)9-15-5-7-20(30)19(26)10-15/h5,7,9-10,17-18,21,23,28-31H,3-4,6,8,11-13H2,1-2H3/b14-9+/t17-,18+,21-,23-/m1/s1. The van der Waals surface area contributed by atoms with Gasteiger partial charge >= 0.3 is 0 Å². The van der Waals surface area contributed by atoms with Crippen LogP contribution in [0.15, 0.2) is 34.9 Å². The van der Waals surface area contributed by atoms with Gasteiger partial charge in [-0.25, -0.2) is 4.39 Å². The fourth-order valence-electron chi connectivity index (χ4n) is 5.10. The lowest BCUT2D eigenvalue weighted by Crippen LogP contribution is -2.39. The fraction of sp³-hybridized carbons (Fsp3) is 0.520. The van der Waals surface area contributed by atoms with Crippen molar-refractivity contribution in [3.63, 3.8) is 0 Å². The fourth-order valence-corrected chi connectivity index (χ4v) is 5.10. The molecule has 1 fully saturated rings. The number of phenolic OH excluding ortho intramolecular Hbond substituents is 1. The summed E-state index contributed by atoms with van der Waals surface area (Å²) < 4.78 is 13.6. The Balaban J connectivity index is 1.79. The van der Waals surface area contributed by atoms with E-state index in [9.17, 15) is 34.4 Å². The Labute approximate surface area is 192 Å². The number of benzene rings is 1. The molecule has 1 heterocycles. The van der Waals surface area contributed by atoms with Crippen LogP contribution in [-0.2, 0) is 9.59 Å². The highest BCUT2D eigenvalue weighted by molar-refractivity contribution is 6.05. The normalized spacial score (nSPS) is 24.5. The van der Waals surface area contributed by atoms with Gasteiger partial charge in [0.1, 0.15) is 0 Å². The summed E-state index contributed by atoms with van der Waals surface area (Å²) in [5.41, 5.74) is 2.39. The van der Waals surface area contributed by atoms with Gasteiger partial charge in [-0.1, -0.05) is 24.6 Å². The number of hydrogen-bond donors (Lipinski definition) is 4. The zero-order valence-corrected chi connectivity index (χ0v) is 19.0. The lowest BCUT2D eigenvalue weighted by molar-refractivity contribution is -0.140. The van der Waals surface area contributed by atoms with Crippen molar-refractivity contribution >= 4 is 17.9 Å². The molecule has 3 rings (SSSR count). The van der Waals surface area contributed by atoms with Crippen LogP contribution in [-0.4, -0.2) is 63.0 Å². The molecule has 8 heteroatoms. The van der Waals surface area contributed by atoms with Crippen LogP contribution in [0, 0.1) is 23.6 Å². The van der Waals surface area contributed by atoms with Gasteiger partial charge in [-0.3, -0.25) is 14.5 Å². The molecule has 0 unspecified atom stereocenters. The summed E-state index contributed by atoms with van der Waals surface area (Å²) >= 11 is 0. The summed E-state index contributed by atoms with van der Waals surface area (Å²) in [4.78, 5) is 27.0. The Hall–Kier alpha value is -2.55. The van der Waals surface area contributed by atoms with Crippen LogP contribution in [0.1, 0.15) is 45.1 Å². The predicted molar refractivity (Wildman–Crippen MR) is 120 cm³/mol. The first-order valence-corrected chi connectivity index (χ1v) is 11.4. The summed E-state index contributed by atoms with van der Waals surface area (Å²) in [5, 5.41) is 40.4. The Morgan fingerprint density at radius 2 is 2.00 bits per heavy atom. The molecule has 33 heavy (non-hydrogen) atoms. The van der Waals surface area contributed by atoms with E-state index in [1.54, 1.807) is 12.1 Å². The zero-order valence-electron chi connectivity index (χ0n) is 19.0. The maximum atomic E-state index is 13.6. The van der Waals surface area contributed by atoms with E-state index in [1.807, 2.05) is 13.8 Å². The number of halogens is 1. The van der Waals surface area contributed by atoms with E-state index < -0.39 is 42.0 Å². The molecule has 4 atom stereocenters. The van der Waals surface area contributed by atoms with Crippen LogP contribution in [0.5, 0.6) is 5.75 Å². The van der Waals surface area contributed by atoms with Gasteiger partial charge < -0.3 is 20.4 Å². The number of amides is 2. The van der Waals surface area contributed by atoms with Crippen molar-refractivity contribution in [1.82, 2.24) is 4.90 Å². The molecule has 7 nitrogen and oxygen atoms in total. The van der Waals surface area contributed by atoms with Gasteiger partial charge in [0.25, 0.3) is 0 Å². The van der Waals surface area contributed by atoms with Gasteiger partial charge in [0.05, 0.1) is 31.2 Å². The second-order valence-electron chi connectivity index (χ2n) is 8.93. The van der Waals surface area contributed by atoms with Crippen molar-refractivity contribution in [2.75, 3.05) is 19.8 Å². The van der Waals surface area contributed by atoms with E-state index in [2.05, 4.69) is 0 Å². The van der Waals surface area contributed by atoms with Gasteiger partial charge in [0.15, 0.2) is 11.6 Å². The van der Waals surface area contributed by atoms with Crippen molar-refractivity contribution in [2.45, 2.75) is 45.6 Å². The van der Waals surface area contributed by atoms with Crippen molar-refractivity contribution in [1.29, 1.82) is 0 Å². The van der Waals surface area contributed by atoms with Gasteiger partial charge in [-0.2, -0.15) is 0 Å². The van der Waals surface area contributed by atoms with Crippen LogP contribution in [0.4, 0.5) is 4.39 Å². The molecule has 0 saturated carbocycles. The number of allylic oxidation sites excluding steroid dienone is 1. The highest BCUT2D eigenvalue weighted by Gasteiger charge is 2.54. The molecule has 1 aromatic rings. The number of fused-ring (bicyclic) bond motifs is 1. The largest absolute Gasteiger partial charge is 0.505 e. The van der Waals surface area contributed by atoms with E-state index in [0.717, 1.165) is 5.57 Å². The summed E-state index contributed by atoms with van der Waals surface area (Å²) in [7, 11) is 0. The average Bonchev–Trinajstić information content (AvgIpc) is 3.03. The molecular formula is C25H32FNO6. The summed E-state index contributed by atoms with van der Waals surface area (Å²) in [6.45, 7) is 3.26. The summed E-state index contributed by atoms with van der Waals surface area (Å²) in [6, 6.07) is 4.07. The van der Waals surface area contributed by atoms with Crippen molar-refractivity contribution in [3.8, 4) is 5.75 Å². The second-order valence-corrected chi connectivity index (χ2v) is 8.93. The number of rotatable bonds is 9. The number of hydrogen-bond acceptors (Lipinski definition) is 6. The average molecular weight is 462 g/mol. The minimum atomic E-state index is -1.01. The minimum absolute atomic E-state index is 0.191. The molecule has 1 aliphatic heterocycles. The topological polar surface area (TPSA) is 118 Å². The minimum Gasteiger partial charge on any atom is -0.505 e. The molecule has 1 aromatic carbocycles. The quantitative estimate of drug-likeness (QED) is 0.331. The number of aliphatic hydroxyl groups is 3. The molecular weight excluding hydrogens is 429 g/mol. The third kappa shape index (κ3) is 5.03. The number of nitrogens with zero attached hydrogens (tertiary/aromatic N) is 1. The van der Waals surface area contributed by atoms with Crippen LogP contribution >= 0.6 is 0 Å². The SMILES string of the molecule is CCCN1C(=O)[C@@H]2[C@@H](CC(CO)=C([C@H](O)CC/C(C)=C/c3ccc(O)c(F)c3)[C@@H]2CO)C1=O. The van der Waals surface area contributed by atoms with Crippen LogP contribution < -0.4 is 0 Å². The highest BCUT2D eigenvalue weighted by Crippen LogP contribution is 2.46. The van der Waals surface area contributed by atoms with Gasteiger partial charge in [0.2, 0.25) is 11.8 Å². The highest BCUT2D eigenvalue weighted by atomic mass is 19.1. The number of carbonyl (C=O) groups is 2. The molecule has 2 amide bonds. The van der Waals surface area contributed by atoms with Crippen LogP contribution in [0.3, 0.4) is 0 Å².